The number of piperazine rings is 1. The lowest BCUT2D eigenvalue weighted by atomic mass is 10.1. The number of rotatable bonds is 5. The van der Waals surface area contributed by atoms with Crippen LogP contribution in [0.3, 0.4) is 0 Å². The molecule has 32 heavy (non-hydrogen) atoms. The molecule has 4 rings (SSSR count). The highest BCUT2D eigenvalue weighted by molar-refractivity contribution is 14.0. The minimum Gasteiger partial charge on any atom is -0.368 e. The summed E-state index contributed by atoms with van der Waals surface area (Å²) in [4.78, 5) is 23.6. The van der Waals surface area contributed by atoms with Crippen molar-refractivity contribution in [2.24, 2.45) is 4.99 Å². The van der Waals surface area contributed by atoms with E-state index in [1.807, 2.05) is 42.3 Å². The maximum absolute atomic E-state index is 12.6. The Balaban J connectivity index is 0.00000289. The summed E-state index contributed by atoms with van der Waals surface area (Å²) < 4.78 is 0. The van der Waals surface area contributed by atoms with E-state index in [0.29, 0.717) is 6.42 Å². The van der Waals surface area contributed by atoms with E-state index in [-0.39, 0.29) is 29.9 Å². The second-order valence-electron chi connectivity index (χ2n) is 8.05. The number of hydrogen-bond acceptors (Lipinski definition) is 3. The third-order valence-electron chi connectivity index (χ3n) is 6.01. The minimum atomic E-state index is 0. The van der Waals surface area contributed by atoms with Gasteiger partial charge in [-0.05, 0) is 35.7 Å². The molecule has 8 heteroatoms. The highest BCUT2D eigenvalue weighted by Gasteiger charge is 2.23. The van der Waals surface area contributed by atoms with E-state index < -0.39 is 0 Å². The highest BCUT2D eigenvalue weighted by Crippen LogP contribution is 2.23. The Morgan fingerprint density at radius 1 is 1.00 bits per heavy atom. The number of fused-ring (bicyclic) bond motifs is 1. The van der Waals surface area contributed by atoms with E-state index in [1.54, 1.807) is 0 Å². The van der Waals surface area contributed by atoms with Crippen molar-refractivity contribution in [2.75, 3.05) is 44.7 Å². The zero-order valence-electron chi connectivity index (χ0n) is 18.5. The fraction of sp³-hybridized carbons (Fsp3) is 0.417. The van der Waals surface area contributed by atoms with Crippen LogP contribution < -0.4 is 10.2 Å². The van der Waals surface area contributed by atoms with Crippen LogP contribution in [0.4, 0.5) is 5.69 Å². The number of aliphatic imine (C=N–C) groups is 1. The van der Waals surface area contributed by atoms with Crippen LogP contribution in [0.15, 0.2) is 53.5 Å². The summed E-state index contributed by atoms with van der Waals surface area (Å²) in [5, 5.41) is 4.20. The van der Waals surface area contributed by atoms with Crippen molar-refractivity contribution in [3.63, 3.8) is 0 Å². The lowest BCUT2D eigenvalue weighted by Crippen LogP contribution is -2.52. The molecule has 6 nitrogen and oxygen atoms in total. The van der Waals surface area contributed by atoms with Crippen LogP contribution in [0.2, 0.25) is 5.02 Å². The van der Waals surface area contributed by atoms with Crippen molar-refractivity contribution < 1.29 is 4.79 Å². The number of amides is 1. The second-order valence-corrected chi connectivity index (χ2v) is 8.49. The molecule has 0 atom stereocenters. The normalized spacial score (nSPS) is 15.9. The Hall–Kier alpha value is -2.00. The summed E-state index contributed by atoms with van der Waals surface area (Å²) in [6.07, 6.45) is 1.35. The number of nitrogens with zero attached hydrogens (tertiary/aromatic N) is 4. The monoisotopic (exact) mass is 567 g/mol. The molecule has 2 aromatic carbocycles. The molecule has 0 bridgehead atoms. The van der Waals surface area contributed by atoms with Crippen LogP contribution in [0.25, 0.3) is 0 Å². The van der Waals surface area contributed by atoms with E-state index in [2.05, 4.69) is 38.3 Å². The van der Waals surface area contributed by atoms with Gasteiger partial charge < -0.3 is 20.0 Å². The van der Waals surface area contributed by atoms with E-state index in [9.17, 15) is 4.79 Å². The summed E-state index contributed by atoms with van der Waals surface area (Å²) in [5.74, 6) is 1.13. The van der Waals surface area contributed by atoms with Crippen LogP contribution in [0.5, 0.6) is 0 Å². The number of anilines is 1. The summed E-state index contributed by atoms with van der Waals surface area (Å²) in [6.45, 7) is 5.87. The van der Waals surface area contributed by atoms with E-state index in [0.717, 1.165) is 68.9 Å². The van der Waals surface area contributed by atoms with Crippen molar-refractivity contribution >= 4 is 53.1 Å². The molecular formula is C24H31ClIN5O. The van der Waals surface area contributed by atoms with E-state index >= 15 is 0 Å². The van der Waals surface area contributed by atoms with E-state index in [4.69, 9.17) is 11.6 Å². The predicted molar refractivity (Wildman–Crippen MR) is 142 cm³/mol. The Bertz CT molecular complexity index is 920. The van der Waals surface area contributed by atoms with Crippen LogP contribution in [-0.2, 0) is 17.9 Å². The number of nitrogens with one attached hydrogen (secondary N) is 1. The number of carbonyl (C=O) groups excluding carboxylic acids is 1. The van der Waals surface area contributed by atoms with Gasteiger partial charge in [-0.2, -0.15) is 0 Å². The van der Waals surface area contributed by atoms with Crippen molar-refractivity contribution in [2.45, 2.75) is 25.9 Å². The molecule has 2 aliphatic heterocycles. The first kappa shape index (κ1) is 24.6. The van der Waals surface area contributed by atoms with Crippen molar-refractivity contribution in [3.8, 4) is 0 Å². The molecule has 0 aliphatic carbocycles. The van der Waals surface area contributed by atoms with Gasteiger partial charge in [-0.1, -0.05) is 41.9 Å². The zero-order chi connectivity index (χ0) is 21.6. The van der Waals surface area contributed by atoms with Gasteiger partial charge in [0.2, 0.25) is 5.91 Å². The molecule has 1 saturated heterocycles. The molecule has 1 amide bonds. The molecule has 2 aromatic rings. The summed E-state index contributed by atoms with van der Waals surface area (Å²) in [7, 11) is 1.82. The van der Waals surface area contributed by atoms with Gasteiger partial charge in [0, 0.05) is 70.0 Å². The Morgan fingerprint density at radius 2 is 1.69 bits per heavy atom. The fourth-order valence-corrected chi connectivity index (χ4v) is 4.47. The van der Waals surface area contributed by atoms with Crippen LogP contribution in [0, 0.1) is 0 Å². The Kier molecular flexibility index (Phi) is 9.04. The Labute approximate surface area is 212 Å². The van der Waals surface area contributed by atoms with Gasteiger partial charge in [0.25, 0.3) is 0 Å². The SMILES string of the molecule is CN=C(NCCCC(=O)N1Cc2ccccc2C1)N1CCN(c2cccc(Cl)c2)CC1.I. The van der Waals surface area contributed by atoms with E-state index in [1.165, 1.54) is 11.1 Å². The molecule has 1 fully saturated rings. The topological polar surface area (TPSA) is 51.2 Å². The molecule has 0 spiro atoms. The smallest absolute Gasteiger partial charge is 0.223 e. The Morgan fingerprint density at radius 3 is 2.31 bits per heavy atom. The first-order valence-corrected chi connectivity index (χ1v) is 11.3. The van der Waals surface area contributed by atoms with Gasteiger partial charge in [0.05, 0.1) is 0 Å². The van der Waals surface area contributed by atoms with Crippen LogP contribution >= 0.6 is 35.6 Å². The zero-order valence-corrected chi connectivity index (χ0v) is 21.6. The maximum atomic E-state index is 12.6. The third-order valence-corrected chi connectivity index (χ3v) is 6.24. The second kappa shape index (κ2) is 11.7. The first-order chi connectivity index (χ1) is 15.1. The lowest BCUT2D eigenvalue weighted by Gasteiger charge is -2.37. The van der Waals surface area contributed by atoms with Crippen LogP contribution in [0.1, 0.15) is 24.0 Å². The number of carbonyl (C=O) groups is 1. The lowest BCUT2D eigenvalue weighted by molar-refractivity contribution is -0.131. The third kappa shape index (κ3) is 6.07. The molecular weight excluding hydrogens is 537 g/mol. The maximum Gasteiger partial charge on any atom is 0.223 e. The average molecular weight is 568 g/mol. The van der Waals surface area contributed by atoms with Crippen LogP contribution in [-0.4, -0.2) is 61.4 Å². The fourth-order valence-electron chi connectivity index (χ4n) is 4.29. The van der Waals surface area contributed by atoms with Crippen molar-refractivity contribution in [3.05, 3.63) is 64.7 Å². The summed E-state index contributed by atoms with van der Waals surface area (Å²) in [6, 6.07) is 16.3. The summed E-state index contributed by atoms with van der Waals surface area (Å²) in [5.41, 5.74) is 3.70. The molecule has 2 heterocycles. The molecule has 172 valence electrons. The van der Waals surface area contributed by atoms with Crippen molar-refractivity contribution in [1.29, 1.82) is 0 Å². The average Bonchev–Trinajstić information content (AvgIpc) is 3.24. The highest BCUT2D eigenvalue weighted by atomic mass is 127. The molecule has 1 N–H and O–H groups in total. The molecule has 0 aromatic heterocycles. The number of guanidine groups is 1. The largest absolute Gasteiger partial charge is 0.368 e. The predicted octanol–water partition coefficient (Wildman–Crippen LogP) is 3.98. The van der Waals surface area contributed by atoms with Gasteiger partial charge in [-0.15, -0.1) is 24.0 Å². The minimum absolute atomic E-state index is 0. The van der Waals surface area contributed by atoms with Gasteiger partial charge in [0.15, 0.2) is 5.96 Å². The number of benzene rings is 2. The van der Waals surface area contributed by atoms with Gasteiger partial charge >= 0.3 is 0 Å². The molecule has 0 unspecified atom stereocenters. The first-order valence-electron chi connectivity index (χ1n) is 10.9. The molecule has 2 aliphatic rings. The number of hydrogen-bond donors (Lipinski definition) is 1. The molecule has 0 saturated carbocycles. The van der Waals surface area contributed by atoms with Gasteiger partial charge in [0.1, 0.15) is 0 Å². The molecule has 0 radical (unpaired) electrons. The van der Waals surface area contributed by atoms with Crippen molar-refractivity contribution in [1.82, 2.24) is 15.1 Å². The summed E-state index contributed by atoms with van der Waals surface area (Å²) >= 11 is 6.13. The van der Waals surface area contributed by atoms with Gasteiger partial charge in [-0.25, -0.2) is 0 Å². The van der Waals surface area contributed by atoms with Gasteiger partial charge in [-0.3, -0.25) is 9.79 Å². The standard InChI is InChI=1S/C24H30ClN5O.HI/c1-26-24(29-14-12-28(13-15-29)22-9-4-8-21(25)16-22)27-11-5-10-23(31)30-17-19-6-2-3-7-20(19)18-30;/h2-4,6-9,16H,5,10-15,17-18H2,1H3,(H,26,27);1H. The quantitative estimate of drug-likeness (QED) is 0.257. The number of halogens is 2.